The number of benzene rings is 2. The van der Waals surface area contributed by atoms with Crippen molar-refractivity contribution in [2.45, 2.75) is 19.9 Å². The molecule has 0 aliphatic rings. The maximum absolute atomic E-state index is 11.5. The molecule has 0 aliphatic carbocycles. The van der Waals surface area contributed by atoms with Crippen LogP contribution in [0.3, 0.4) is 0 Å². The van der Waals surface area contributed by atoms with Gasteiger partial charge in [-0.25, -0.2) is 0 Å². The summed E-state index contributed by atoms with van der Waals surface area (Å²) in [7, 11) is 1.64. The normalized spacial score (nSPS) is 11.8. The molecule has 0 heterocycles. The number of carbonyl (C=O) groups excluding carboxylic acids is 1. The van der Waals surface area contributed by atoms with Crippen LogP contribution in [0, 0.1) is 0 Å². The molecule has 0 radical (unpaired) electrons. The summed E-state index contributed by atoms with van der Waals surface area (Å²) in [6.45, 7) is 3.58. The number of hydrogen-bond donors (Lipinski definition) is 1. The van der Waals surface area contributed by atoms with Crippen molar-refractivity contribution in [3.63, 3.8) is 0 Å². The number of rotatable bonds is 5. The molecule has 2 aromatic carbocycles. The zero-order valence-corrected chi connectivity index (χ0v) is 13.1. The van der Waals surface area contributed by atoms with Crippen LogP contribution in [0.1, 0.15) is 35.8 Å². The Morgan fingerprint density at radius 3 is 2.43 bits per heavy atom. The monoisotopic (exact) mass is 303 g/mol. The quantitative estimate of drug-likeness (QED) is 0.812. The predicted molar refractivity (Wildman–Crippen MR) is 86.5 cm³/mol. The Morgan fingerprint density at radius 1 is 1.19 bits per heavy atom. The second kappa shape index (κ2) is 6.64. The van der Waals surface area contributed by atoms with E-state index in [-0.39, 0.29) is 11.8 Å². The maximum Gasteiger partial charge on any atom is 0.159 e. The topological polar surface area (TPSA) is 38.3 Å². The SMILES string of the molecule is COc1ccc(C(C)Nc2cc(Cl)cc(C(C)=O)c2)cc1. The summed E-state index contributed by atoms with van der Waals surface area (Å²) in [6, 6.07) is 13.3. The van der Waals surface area contributed by atoms with E-state index in [0.29, 0.717) is 10.6 Å². The van der Waals surface area contributed by atoms with Crippen LogP contribution in [-0.4, -0.2) is 12.9 Å². The molecule has 0 amide bonds. The summed E-state index contributed by atoms with van der Waals surface area (Å²) in [5.41, 5.74) is 2.56. The van der Waals surface area contributed by atoms with Gasteiger partial charge in [-0.3, -0.25) is 4.79 Å². The standard InChI is InChI=1S/C17H18ClNO2/c1-11(13-4-6-17(21-3)7-5-13)19-16-9-14(12(2)20)8-15(18)10-16/h4-11,19H,1-3H3. The zero-order chi connectivity index (χ0) is 15.4. The molecule has 1 unspecified atom stereocenters. The molecule has 2 aromatic rings. The smallest absolute Gasteiger partial charge is 0.159 e. The van der Waals surface area contributed by atoms with Gasteiger partial charge in [-0.15, -0.1) is 0 Å². The Labute approximate surface area is 129 Å². The van der Waals surface area contributed by atoms with Gasteiger partial charge in [0.15, 0.2) is 5.78 Å². The van der Waals surface area contributed by atoms with Gasteiger partial charge in [0.2, 0.25) is 0 Å². The van der Waals surface area contributed by atoms with Crippen molar-refractivity contribution >= 4 is 23.1 Å². The van der Waals surface area contributed by atoms with Gasteiger partial charge in [0, 0.05) is 22.3 Å². The van der Waals surface area contributed by atoms with E-state index < -0.39 is 0 Å². The molecule has 2 rings (SSSR count). The van der Waals surface area contributed by atoms with Crippen molar-refractivity contribution in [3.8, 4) is 5.75 Å². The highest BCUT2D eigenvalue weighted by Crippen LogP contribution is 2.25. The van der Waals surface area contributed by atoms with Crippen LogP contribution in [-0.2, 0) is 0 Å². The fourth-order valence-electron chi connectivity index (χ4n) is 2.10. The van der Waals surface area contributed by atoms with E-state index in [1.54, 1.807) is 13.2 Å². The summed E-state index contributed by atoms with van der Waals surface area (Å²) >= 11 is 6.05. The molecule has 0 spiro atoms. The molecule has 0 aliphatic heterocycles. The highest BCUT2D eigenvalue weighted by atomic mass is 35.5. The number of nitrogens with one attached hydrogen (secondary N) is 1. The van der Waals surface area contributed by atoms with Crippen molar-refractivity contribution < 1.29 is 9.53 Å². The highest BCUT2D eigenvalue weighted by Gasteiger charge is 2.08. The van der Waals surface area contributed by atoms with Gasteiger partial charge in [-0.1, -0.05) is 23.7 Å². The van der Waals surface area contributed by atoms with E-state index in [1.807, 2.05) is 36.4 Å². The second-order valence-corrected chi connectivity index (χ2v) is 5.36. The third-order valence-electron chi connectivity index (χ3n) is 3.30. The average Bonchev–Trinajstić information content (AvgIpc) is 2.46. The van der Waals surface area contributed by atoms with E-state index in [4.69, 9.17) is 16.3 Å². The molecule has 0 fully saturated rings. The fourth-order valence-corrected chi connectivity index (χ4v) is 2.34. The molecule has 0 saturated carbocycles. The van der Waals surface area contributed by atoms with Crippen molar-refractivity contribution in [1.29, 1.82) is 0 Å². The zero-order valence-electron chi connectivity index (χ0n) is 12.3. The Morgan fingerprint density at radius 2 is 1.86 bits per heavy atom. The van der Waals surface area contributed by atoms with Gasteiger partial charge in [-0.2, -0.15) is 0 Å². The molecule has 0 bridgehead atoms. The second-order valence-electron chi connectivity index (χ2n) is 4.92. The summed E-state index contributed by atoms with van der Waals surface area (Å²) < 4.78 is 5.15. The lowest BCUT2D eigenvalue weighted by molar-refractivity contribution is 0.101. The molecule has 3 nitrogen and oxygen atoms in total. The van der Waals surface area contributed by atoms with Crippen LogP contribution < -0.4 is 10.1 Å². The van der Waals surface area contributed by atoms with E-state index in [1.165, 1.54) is 6.92 Å². The predicted octanol–water partition coefficient (Wildman–Crippen LogP) is 4.72. The average molecular weight is 304 g/mol. The van der Waals surface area contributed by atoms with E-state index in [9.17, 15) is 4.79 Å². The number of carbonyl (C=O) groups is 1. The van der Waals surface area contributed by atoms with Crippen LogP contribution >= 0.6 is 11.6 Å². The minimum atomic E-state index is -0.00218. The first-order valence-corrected chi connectivity index (χ1v) is 7.09. The van der Waals surface area contributed by atoms with Gasteiger partial charge in [0.1, 0.15) is 5.75 Å². The van der Waals surface area contributed by atoms with Gasteiger partial charge >= 0.3 is 0 Å². The van der Waals surface area contributed by atoms with Crippen LogP contribution in [0.15, 0.2) is 42.5 Å². The number of halogens is 1. The van der Waals surface area contributed by atoms with Crippen LogP contribution in [0.2, 0.25) is 5.02 Å². The largest absolute Gasteiger partial charge is 0.497 e. The Kier molecular flexibility index (Phi) is 4.86. The summed E-state index contributed by atoms with van der Waals surface area (Å²) in [5, 5.41) is 3.90. The van der Waals surface area contributed by atoms with Gasteiger partial charge < -0.3 is 10.1 Å². The molecule has 0 aromatic heterocycles. The van der Waals surface area contributed by atoms with Gasteiger partial charge in [0.25, 0.3) is 0 Å². The molecule has 1 N–H and O–H groups in total. The highest BCUT2D eigenvalue weighted by molar-refractivity contribution is 6.31. The van der Waals surface area contributed by atoms with Crippen molar-refractivity contribution in [2.24, 2.45) is 0 Å². The number of anilines is 1. The van der Waals surface area contributed by atoms with E-state index in [2.05, 4.69) is 12.2 Å². The third-order valence-corrected chi connectivity index (χ3v) is 3.52. The van der Waals surface area contributed by atoms with Crippen molar-refractivity contribution in [1.82, 2.24) is 0 Å². The third kappa shape index (κ3) is 3.99. The molecule has 0 saturated heterocycles. The summed E-state index contributed by atoms with van der Waals surface area (Å²) in [5.74, 6) is 0.824. The van der Waals surface area contributed by atoms with Crippen molar-refractivity contribution in [2.75, 3.05) is 12.4 Å². The molecule has 1 atom stereocenters. The lowest BCUT2D eigenvalue weighted by atomic mass is 10.1. The first-order valence-electron chi connectivity index (χ1n) is 6.71. The Balaban J connectivity index is 2.18. The summed E-state index contributed by atoms with van der Waals surface area (Å²) in [4.78, 5) is 11.5. The molecule has 110 valence electrons. The number of ether oxygens (including phenoxy) is 1. The van der Waals surface area contributed by atoms with E-state index >= 15 is 0 Å². The lowest BCUT2D eigenvalue weighted by Gasteiger charge is -2.17. The molecule has 4 heteroatoms. The number of hydrogen-bond acceptors (Lipinski definition) is 3. The van der Waals surface area contributed by atoms with Crippen LogP contribution in [0.25, 0.3) is 0 Å². The number of ketones is 1. The minimum absolute atomic E-state index is 0.00218. The van der Waals surface area contributed by atoms with E-state index in [0.717, 1.165) is 17.0 Å². The van der Waals surface area contributed by atoms with Gasteiger partial charge in [-0.05, 0) is 49.7 Å². The number of methoxy groups -OCH3 is 1. The fraction of sp³-hybridized carbons (Fsp3) is 0.235. The maximum atomic E-state index is 11.5. The van der Waals surface area contributed by atoms with Gasteiger partial charge in [0.05, 0.1) is 7.11 Å². The first kappa shape index (κ1) is 15.4. The molecular weight excluding hydrogens is 286 g/mol. The lowest BCUT2D eigenvalue weighted by Crippen LogP contribution is -2.07. The van der Waals surface area contributed by atoms with Crippen molar-refractivity contribution in [3.05, 3.63) is 58.6 Å². The summed E-state index contributed by atoms with van der Waals surface area (Å²) in [6.07, 6.45) is 0. The first-order chi connectivity index (χ1) is 9.99. The molecular formula is C17H18ClNO2. The molecule has 21 heavy (non-hydrogen) atoms. The number of Topliss-reactive ketones (excluding diaryl/α,β-unsaturated/α-hetero) is 1. The van der Waals surface area contributed by atoms with Crippen LogP contribution in [0.4, 0.5) is 5.69 Å². The minimum Gasteiger partial charge on any atom is -0.497 e. The Bertz CT molecular complexity index is 638. The Hall–Kier alpha value is -2.00. The van der Waals surface area contributed by atoms with Crippen LogP contribution in [0.5, 0.6) is 5.75 Å².